The van der Waals surface area contributed by atoms with Gasteiger partial charge in [0.2, 0.25) is 0 Å². The fourth-order valence-corrected chi connectivity index (χ4v) is 1.57. The van der Waals surface area contributed by atoms with E-state index in [1.165, 1.54) is 19.3 Å². The molecule has 0 amide bonds. The van der Waals surface area contributed by atoms with Crippen molar-refractivity contribution >= 4 is 0 Å². The second-order valence-electron chi connectivity index (χ2n) is 2.94. The smallest absolute Gasteiger partial charge is 0.0204 e. The van der Waals surface area contributed by atoms with Gasteiger partial charge in [-0.3, -0.25) is 0 Å². The van der Waals surface area contributed by atoms with Crippen molar-refractivity contribution in [3.05, 3.63) is 5.92 Å². The Labute approximate surface area is 52.3 Å². The number of hydrogen-bond donors (Lipinski definition) is 0. The maximum atomic E-state index is 2.29. The molecule has 1 aliphatic carbocycles. The summed E-state index contributed by atoms with van der Waals surface area (Å²) >= 11 is 0. The van der Waals surface area contributed by atoms with E-state index in [0.717, 1.165) is 0 Å². The van der Waals surface area contributed by atoms with E-state index in [-0.39, 0.29) is 0 Å². The molecule has 0 bridgehead atoms. The molecule has 1 radical (unpaired) electrons. The van der Waals surface area contributed by atoms with Crippen LogP contribution in [0.3, 0.4) is 0 Å². The first-order valence-corrected chi connectivity index (χ1v) is 3.58. The number of hydrogen-bond acceptors (Lipinski definition) is 0. The van der Waals surface area contributed by atoms with Gasteiger partial charge in [-0.25, -0.2) is 0 Å². The van der Waals surface area contributed by atoms with Crippen molar-refractivity contribution in [1.82, 2.24) is 0 Å². The van der Waals surface area contributed by atoms with Crippen molar-refractivity contribution in [3.8, 4) is 0 Å². The Bertz CT molecular complexity index is 74.5. The molecular formula is C8H15. The SMILES string of the molecule is CCC1(CC)C[C]1C. The highest BCUT2D eigenvalue weighted by Crippen LogP contribution is 2.58. The zero-order chi connectivity index (χ0) is 6.20. The van der Waals surface area contributed by atoms with Crippen molar-refractivity contribution in [2.45, 2.75) is 40.0 Å². The average molecular weight is 111 g/mol. The standard InChI is InChI=1S/C8H15/c1-4-8(5-2)6-7(8)3/h4-6H2,1-3H3. The molecule has 0 nitrogen and oxygen atoms in total. The third kappa shape index (κ3) is 0.667. The van der Waals surface area contributed by atoms with E-state index in [1.54, 1.807) is 5.92 Å². The molecule has 0 aliphatic heterocycles. The van der Waals surface area contributed by atoms with Gasteiger partial charge in [-0.1, -0.05) is 20.8 Å². The summed E-state index contributed by atoms with van der Waals surface area (Å²) in [6, 6.07) is 0. The van der Waals surface area contributed by atoms with Crippen molar-refractivity contribution in [1.29, 1.82) is 0 Å². The van der Waals surface area contributed by atoms with Crippen LogP contribution in [0.5, 0.6) is 0 Å². The quantitative estimate of drug-likeness (QED) is 0.514. The van der Waals surface area contributed by atoms with Crippen molar-refractivity contribution in [2.75, 3.05) is 0 Å². The van der Waals surface area contributed by atoms with Gasteiger partial charge in [-0.2, -0.15) is 0 Å². The molecule has 0 atom stereocenters. The summed E-state index contributed by atoms with van der Waals surface area (Å²) in [7, 11) is 0. The molecule has 0 heterocycles. The van der Waals surface area contributed by atoms with E-state index in [9.17, 15) is 0 Å². The van der Waals surface area contributed by atoms with Crippen molar-refractivity contribution < 1.29 is 0 Å². The first-order chi connectivity index (χ1) is 3.75. The fourth-order valence-electron chi connectivity index (χ4n) is 1.57. The van der Waals surface area contributed by atoms with Crippen molar-refractivity contribution in [3.63, 3.8) is 0 Å². The minimum atomic E-state index is 0.708. The van der Waals surface area contributed by atoms with Gasteiger partial charge in [0.15, 0.2) is 0 Å². The summed E-state index contributed by atoms with van der Waals surface area (Å²) in [6.45, 7) is 6.87. The van der Waals surface area contributed by atoms with Crippen LogP contribution >= 0.6 is 0 Å². The van der Waals surface area contributed by atoms with E-state index in [0.29, 0.717) is 5.41 Å². The lowest BCUT2D eigenvalue weighted by atomic mass is 9.98. The van der Waals surface area contributed by atoms with Gasteiger partial charge in [-0.15, -0.1) is 0 Å². The molecule has 1 saturated carbocycles. The van der Waals surface area contributed by atoms with Gasteiger partial charge in [-0.05, 0) is 30.6 Å². The van der Waals surface area contributed by atoms with Gasteiger partial charge >= 0.3 is 0 Å². The summed E-state index contributed by atoms with van der Waals surface area (Å²) in [5.74, 6) is 1.72. The van der Waals surface area contributed by atoms with Crippen LogP contribution in [0.4, 0.5) is 0 Å². The van der Waals surface area contributed by atoms with Crippen LogP contribution in [0.15, 0.2) is 0 Å². The second-order valence-corrected chi connectivity index (χ2v) is 2.94. The maximum Gasteiger partial charge on any atom is -0.0204 e. The summed E-state index contributed by atoms with van der Waals surface area (Å²) in [6.07, 6.45) is 4.12. The van der Waals surface area contributed by atoms with E-state index in [1.807, 2.05) is 0 Å². The Morgan fingerprint density at radius 2 is 1.75 bits per heavy atom. The highest BCUT2D eigenvalue weighted by atomic mass is 14.5. The average Bonchev–Trinajstić information content (AvgIpc) is 2.43. The Morgan fingerprint density at radius 3 is 1.75 bits per heavy atom. The highest BCUT2D eigenvalue weighted by molar-refractivity contribution is 5.21. The molecule has 8 heavy (non-hydrogen) atoms. The van der Waals surface area contributed by atoms with E-state index < -0.39 is 0 Å². The predicted molar refractivity (Wildman–Crippen MR) is 36.5 cm³/mol. The van der Waals surface area contributed by atoms with Gasteiger partial charge in [0.05, 0.1) is 0 Å². The van der Waals surface area contributed by atoms with E-state index in [4.69, 9.17) is 0 Å². The summed E-state index contributed by atoms with van der Waals surface area (Å²) in [4.78, 5) is 0. The zero-order valence-corrected chi connectivity index (χ0v) is 6.12. The molecule has 0 aromatic rings. The van der Waals surface area contributed by atoms with Gasteiger partial charge < -0.3 is 0 Å². The number of rotatable bonds is 2. The molecule has 0 unspecified atom stereocenters. The summed E-state index contributed by atoms with van der Waals surface area (Å²) in [5, 5.41) is 0. The van der Waals surface area contributed by atoms with Gasteiger partial charge in [0.25, 0.3) is 0 Å². The zero-order valence-electron chi connectivity index (χ0n) is 6.12. The topological polar surface area (TPSA) is 0 Å². The molecule has 0 spiro atoms. The van der Waals surface area contributed by atoms with Gasteiger partial charge in [0.1, 0.15) is 0 Å². The molecule has 0 N–H and O–H groups in total. The minimum Gasteiger partial charge on any atom is -0.0648 e. The minimum absolute atomic E-state index is 0.708. The summed E-state index contributed by atoms with van der Waals surface area (Å²) < 4.78 is 0. The molecule has 0 heteroatoms. The lowest BCUT2D eigenvalue weighted by Gasteiger charge is -2.07. The normalized spacial score (nSPS) is 25.9. The molecule has 0 aromatic heterocycles. The maximum absolute atomic E-state index is 2.29. The first kappa shape index (κ1) is 6.12. The molecule has 1 rings (SSSR count). The Morgan fingerprint density at radius 1 is 1.38 bits per heavy atom. The lowest BCUT2D eigenvalue weighted by molar-refractivity contribution is 0.484. The lowest BCUT2D eigenvalue weighted by Crippen LogP contribution is -1.96. The first-order valence-electron chi connectivity index (χ1n) is 3.58. The van der Waals surface area contributed by atoms with Crippen LogP contribution in [-0.2, 0) is 0 Å². The van der Waals surface area contributed by atoms with Crippen LogP contribution in [-0.4, -0.2) is 0 Å². The van der Waals surface area contributed by atoms with Crippen LogP contribution in [0.1, 0.15) is 40.0 Å². The van der Waals surface area contributed by atoms with Crippen molar-refractivity contribution in [2.24, 2.45) is 5.41 Å². The molecule has 0 saturated heterocycles. The Kier molecular flexibility index (Phi) is 1.34. The van der Waals surface area contributed by atoms with Crippen LogP contribution in [0.2, 0.25) is 0 Å². The molecular weight excluding hydrogens is 96.1 g/mol. The monoisotopic (exact) mass is 111 g/mol. The fraction of sp³-hybridized carbons (Fsp3) is 0.875. The second kappa shape index (κ2) is 1.75. The van der Waals surface area contributed by atoms with Gasteiger partial charge in [0, 0.05) is 0 Å². The highest BCUT2D eigenvalue weighted by Gasteiger charge is 2.47. The molecule has 0 aromatic carbocycles. The molecule has 1 aliphatic rings. The Balaban J connectivity index is 2.39. The molecule has 1 fully saturated rings. The summed E-state index contributed by atoms with van der Waals surface area (Å²) in [5.41, 5.74) is 0.708. The van der Waals surface area contributed by atoms with E-state index >= 15 is 0 Å². The van der Waals surface area contributed by atoms with E-state index in [2.05, 4.69) is 20.8 Å². The molecule has 47 valence electrons. The third-order valence-electron chi connectivity index (χ3n) is 2.74. The largest absolute Gasteiger partial charge is 0.0648 e. The van der Waals surface area contributed by atoms with Crippen LogP contribution < -0.4 is 0 Å². The van der Waals surface area contributed by atoms with Crippen LogP contribution in [0.25, 0.3) is 0 Å². The Hall–Kier alpha value is 0. The predicted octanol–water partition coefficient (Wildman–Crippen LogP) is 2.79. The third-order valence-corrected chi connectivity index (χ3v) is 2.74. The van der Waals surface area contributed by atoms with Crippen LogP contribution in [0, 0.1) is 11.3 Å².